The first-order chi connectivity index (χ1) is 7.73. The normalized spacial score (nSPS) is 17.5. The lowest BCUT2D eigenvalue weighted by Gasteiger charge is -2.38. The Morgan fingerprint density at radius 1 is 1.38 bits per heavy atom. The summed E-state index contributed by atoms with van der Waals surface area (Å²) in [5, 5.41) is 12.4. The van der Waals surface area contributed by atoms with E-state index in [1.54, 1.807) is 0 Å². The quantitative estimate of drug-likeness (QED) is 0.836. The molecule has 1 aliphatic carbocycles. The molecule has 2 rings (SSSR count). The standard InChI is InChI=1S/C14H18N2/c1-14(7-4-8-14)11-16-10-13-6-3-2-5-12(13)9-15/h2-3,5-6,16H,4,7-8,10-11H2,1H3. The van der Waals surface area contributed by atoms with Crippen LogP contribution in [0.1, 0.15) is 37.3 Å². The van der Waals surface area contributed by atoms with Crippen LogP contribution in [0.15, 0.2) is 24.3 Å². The van der Waals surface area contributed by atoms with Crippen LogP contribution in [0.2, 0.25) is 0 Å². The Kier molecular flexibility index (Phi) is 3.26. The molecular formula is C14H18N2. The maximum atomic E-state index is 8.96. The summed E-state index contributed by atoms with van der Waals surface area (Å²) in [6, 6.07) is 10.0. The van der Waals surface area contributed by atoms with Gasteiger partial charge in [-0.25, -0.2) is 0 Å². The van der Waals surface area contributed by atoms with Gasteiger partial charge in [0.05, 0.1) is 11.6 Å². The Morgan fingerprint density at radius 3 is 2.75 bits per heavy atom. The average molecular weight is 214 g/mol. The van der Waals surface area contributed by atoms with Gasteiger partial charge in [-0.3, -0.25) is 0 Å². The molecule has 0 heterocycles. The summed E-state index contributed by atoms with van der Waals surface area (Å²) in [5.74, 6) is 0. The fourth-order valence-corrected chi connectivity index (χ4v) is 2.24. The molecule has 16 heavy (non-hydrogen) atoms. The third kappa shape index (κ3) is 2.43. The lowest BCUT2D eigenvalue weighted by atomic mass is 9.70. The zero-order valence-electron chi connectivity index (χ0n) is 9.79. The van der Waals surface area contributed by atoms with Crippen LogP contribution in [0.4, 0.5) is 0 Å². The van der Waals surface area contributed by atoms with E-state index in [4.69, 9.17) is 5.26 Å². The van der Waals surface area contributed by atoms with E-state index >= 15 is 0 Å². The van der Waals surface area contributed by atoms with Gasteiger partial charge in [0.1, 0.15) is 0 Å². The van der Waals surface area contributed by atoms with Crippen molar-refractivity contribution < 1.29 is 0 Å². The van der Waals surface area contributed by atoms with E-state index < -0.39 is 0 Å². The predicted molar refractivity (Wildman–Crippen MR) is 64.8 cm³/mol. The molecule has 1 saturated carbocycles. The molecule has 1 N–H and O–H groups in total. The van der Waals surface area contributed by atoms with Crippen molar-refractivity contribution in [1.29, 1.82) is 5.26 Å². The maximum absolute atomic E-state index is 8.96. The first-order valence-electron chi connectivity index (χ1n) is 5.92. The minimum Gasteiger partial charge on any atom is -0.312 e. The molecule has 0 spiro atoms. The molecule has 0 bridgehead atoms. The first-order valence-corrected chi connectivity index (χ1v) is 5.92. The van der Waals surface area contributed by atoms with Crippen LogP contribution in [0, 0.1) is 16.7 Å². The van der Waals surface area contributed by atoms with Gasteiger partial charge >= 0.3 is 0 Å². The highest BCUT2D eigenvalue weighted by Gasteiger charge is 2.30. The lowest BCUT2D eigenvalue weighted by molar-refractivity contribution is 0.156. The van der Waals surface area contributed by atoms with Gasteiger partial charge in [-0.15, -0.1) is 0 Å². The lowest BCUT2D eigenvalue weighted by Crippen LogP contribution is -2.37. The second-order valence-electron chi connectivity index (χ2n) is 5.04. The Bertz CT molecular complexity index is 399. The molecule has 0 unspecified atom stereocenters. The van der Waals surface area contributed by atoms with Crippen LogP contribution in [-0.4, -0.2) is 6.54 Å². The minimum atomic E-state index is 0.502. The second-order valence-corrected chi connectivity index (χ2v) is 5.04. The summed E-state index contributed by atoms with van der Waals surface area (Å²) >= 11 is 0. The molecule has 1 aromatic rings. The van der Waals surface area contributed by atoms with Gasteiger partial charge in [0.15, 0.2) is 0 Å². The summed E-state index contributed by atoms with van der Waals surface area (Å²) in [4.78, 5) is 0. The molecule has 0 atom stereocenters. The number of benzene rings is 1. The van der Waals surface area contributed by atoms with Gasteiger partial charge in [0.2, 0.25) is 0 Å². The van der Waals surface area contributed by atoms with Crippen molar-refractivity contribution >= 4 is 0 Å². The molecule has 1 aliphatic rings. The van der Waals surface area contributed by atoms with E-state index in [0.29, 0.717) is 5.41 Å². The smallest absolute Gasteiger partial charge is 0.0995 e. The fourth-order valence-electron chi connectivity index (χ4n) is 2.24. The van der Waals surface area contributed by atoms with Gasteiger partial charge < -0.3 is 5.32 Å². The molecule has 84 valence electrons. The Labute approximate surface area is 97.3 Å². The molecule has 0 radical (unpaired) electrons. The van der Waals surface area contributed by atoms with Crippen LogP contribution >= 0.6 is 0 Å². The SMILES string of the molecule is CC1(CNCc2ccccc2C#N)CCC1. The van der Waals surface area contributed by atoms with E-state index in [0.717, 1.165) is 24.2 Å². The minimum absolute atomic E-state index is 0.502. The van der Waals surface area contributed by atoms with Crippen molar-refractivity contribution in [1.82, 2.24) is 5.32 Å². The topological polar surface area (TPSA) is 35.8 Å². The second kappa shape index (κ2) is 4.67. The van der Waals surface area contributed by atoms with Crippen LogP contribution in [0.25, 0.3) is 0 Å². The first kappa shape index (κ1) is 11.2. The van der Waals surface area contributed by atoms with Gasteiger partial charge in [0, 0.05) is 13.1 Å². The van der Waals surface area contributed by atoms with Gasteiger partial charge in [-0.05, 0) is 29.9 Å². The molecule has 2 heteroatoms. The zero-order valence-corrected chi connectivity index (χ0v) is 9.79. The average Bonchev–Trinajstić information content (AvgIpc) is 2.27. The Morgan fingerprint density at radius 2 is 2.12 bits per heavy atom. The monoisotopic (exact) mass is 214 g/mol. The number of hydrogen-bond acceptors (Lipinski definition) is 2. The van der Waals surface area contributed by atoms with Gasteiger partial charge in [0.25, 0.3) is 0 Å². The highest BCUT2D eigenvalue weighted by molar-refractivity contribution is 5.37. The van der Waals surface area contributed by atoms with E-state index in [1.165, 1.54) is 19.3 Å². The molecule has 0 saturated heterocycles. The van der Waals surface area contributed by atoms with Crippen molar-refractivity contribution in [2.45, 2.75) is 32.7 Å². The van der Waals surface area contributed by atoms with Crippen molar-refractivity contribution in [3.05, 3.63) is 35.4 Å². The molecule has 1 fully saturated rings. The fraction of sp³-hybridized carbons (Fsp3) is 0.500. The number of nitrogens with zero attached hydrogens (tertiary/aromatic N) is 1. The summed E-state index contributed by atoms with van der Waals surface area (Å²) in [5.41, 5.74) is 2.39. The molecule has 1 aromatic carbocycles. The number of hydrogen-bond donors (Lipinski definition) is 1. The summed E-state index contributed by atoms with van der Waals surface area (Å²) < 4.78 is 0. The number of rotatable bonds is 4. The predicted octanol–water partition coefficient (Wildman–Crippen LogP) is 2.84. The molecule has 0 amide bonds. The zero-order chi connectivity index (χ0) is 11.4. The highest BCUT2D eigenvalue weighted by Crippen LogP contribution is 2.39. The molecule has 0 aliphatic heterocycles. The third-order valence-electron chi connectivity index (χ3n) is 3.57. The van der Waals surface area contributed by atoms with Crippen molar-refractivity contribution in [3.63, 3.8) is 0 Å². The van der Waals surface area contributed by atoms with E-state index in [-0.39, 0.29) is 0 Å². The van der Waals surface area contributed by atoms with E-state index in [2.05, 4.69) is 18.3 Å². The van der Waals surface area contributed by atoms with Crippen molar-refractivity contribution in [3.8, 4) is 6.07 Å². The van der Waals surface area contributed by atoms with Crippen LogP contribution in [0.5, 0.6) is 0 Å². The Balaban J connectivity index is 1.87. The number of nitrogens with one attached hydrogen (secondary N) is 1. The third-order valence-corrected chi connectivity index (χ3v) is 3.57. The van der Waals surface area contributed by atoms with Crippen LogP contribution < -0.4 is 5.32 Å². The number of nitriles is 1. The molecule has 2 nitrogen and oxygen atoms in total. The largest absolute Gasteiger partial charge is 0.312 e. The van der Waals surface area contributed by atoms with Gasteiger partial charge in [-0.1, -0.05) is 31.5 Å². The maximum Gasteiger partial charge on any atom is 0.0995 e. The molecule has 0 aromatic heterocycles. The highest BCUT2D eigenvalue weighted by atomic mass is 14.9. The Hall–Kier alpha value is -1.33. The molecular weight excluding hydrogens is 196 g/mol. The summed E-state index contributed by atoms with van der Waals surface area (Å²) in [6.07, 6.45) is 4.03. The van der Waals surface area contributed by atoms with Crippen molar-refractivity contribution in [2.24, 2.45) is 5.41 Å². The van der Waals surface area contributed by atoms with E-state index in [9.17, 15) is 0 Å². The summed E-state index contributed by atoms with van der Waals surface area (Å²) in [7, 11) is 0. The van der Waals surface area contributed by atoms with Crippen LogP contribution in [0.3, 0.4) is 0 Å². The summed E-state index contributed by atoms with van der Waals surface area (Å²) in [6.45, 7) is 4.20. The van der Waals surface area contributed by atoms with Gasteiger partial charge in [-0.2, -0.15) is 5.26 Å². The van der Waals surface area contributed by atoms with Crippen molar-refractivity contribution in [2.75, 3.05) is 6.54 Å². The van der Waals surface area contributed by atoms with Crippen LogP contribution in [-0.2, 0) is 6.54 Å². The van der Waals surface area contributed by atoms with E-state index in [1.807, 2.05) is 24.3 Å².